The lowest BCUT2D eigenvalue weighted by Crippen LogP contribution is -2.30. The first-order valence-corrected chi connectivity index (χ1v) is 11.7. The molecular weight excluding hydrogens is 448 g/mol. The summed E-state index contributed by atoms with van der Waals surface area (Å²) in [4.78, 5) is 18.7. The maximum absolute atomic E-state index is 13.1. The fourth-order valence-electron chi connectivity index (χ4n) is 3.78. The number of aromatic nitrogens is 1. The SMILES string of the molecule is COC(=O)[C@H](Cc1ccc(OC)c(OC)c1)n1c(-c2ccccc2)csc1=Nc1ccccc1. The van der Waals surface area contributed by atoms with Gasteiger partial charge in [-0.15, -0.1) is 11.3 Å². The van der Waals surface area contributed by atoms with E-state index in [0.717, 1.165) is 22.5 Å². The highest BCUT2D eigenvalue weighted by atomic mass is 32.1. The molecule has 0 unspecified atom stereocenters. The Morgan fingerprint density at radius 2 is 1.59 bits per heavy atom. The van der Waals surface area contributed by atoms with E-state index in [4.69, 9.17) is 19.2 Å². The van der Waals surface area contributed by atoms with Gasteiger partial charge in [-0.1, -0.05) is 54.6 Å². The lowest BCUT2D eigenvalue weighted by atomic mass is 10.0. The van der Waals surface area contributed by atoms with E-state index in [2.05, 4.69) is 0 Å². The Balaban J connectivity index is 1.87. The second-order valence-corrected chi connectivity index (χ2v) is 8.36. The molecule has 0 amide bonds. The summed E-state index contributed by atoms with van der Waals surface area (Å²) >= 11 is 1.49. The number of hydrogen-bond donors (Lipinski definition) is 0. The Kier molecular flexibility index (Phi) is 7.44. The lowest BCUT2D eigenvalue weighted by molar-refractivity contribution is -0.144. The molecule has 0 saturated carbocycles. The predicted octanol–water partition coefficient (Wildman–Crippen LogP) is 5.42. The van der Waals surface area contributed by atoms with Crippen molar-refractivity contribution in [2.75, 3.05) is 21.3 Å². The first-order chi connectivity index (χ1) is 16.6. The van der Waals surface area contributed by atoms with E-state index >= 15 is 0 Å². The Bertz CT molecular complexity index is 1310. The van der Waals surface area contributed by atoms with Crippen LogP contribution < -0.4 is 14.3 Å². The molecule has 0 radical (unpaired) electrons. The maximum Gasteiger partial charge on any atom is 0.329 e. The van der Waals surface area contributed by atoms with Crippen molar-refractivity contribution in [3.8, 4) is 22.8 Å². The summed E-state index contributed by atoms with van der Waals surface area (Å²) in [5.41, 5.74) is 3.62. The molecule has 0 saturated heterocycles. The van der Waals surface area contributed by atoms with Crippen molar-refractivity contribution < 1.29 is 19.0 Å². The van der Waals surface area contributed by atoms with Gasteiger partial charge in [-0.2, -0.15) is 0 Å². The topological polar surface area (TPSA) is 62.1 Å². The van der Waals surface area contributed by atoms with Gasteiger partial charge in [0.1, 0.15) is 6.04 Å². The summed E-state index contributed by atoms with van der Waals surface area (Å²) in [7, 11) is 4.60. The normalized spacial score (nSPS) is 12.3. The summed E-state index contributed by atoms with van der Waals surface area (Å²) < 4.78 is 18.1. The maximum atomic E-state index is 13.1. The van der Waals surface area contributed by atoms with Crippen molar-refractivity contribution in [1.29, 1.82) is 0 Å². The van der Waals surface area contributed by atoms with Crippen LogP contribution in [0, 0.1) is 0 Å². The van der Waals surface area contributed by atoms with Gasteiger partial charge in [0.2, 0.25) is 0 Å². The molecular formula is C27H26N2O4S. The lowest BCUT2D eigenvalue weighted by Gasteiger charge is -2.20. The predicted molar refractivity (Wildman–Crippen MR) is 134 cm³/mol. The number of para-hydroxylation sites is 1. The van der Waals surface area contributed by atoms with E-state index in [-0.39, 0.29) is 5.97 Å². The molecule has 4 aromatic rings. The van der Waals surface area contributed by atoms with Crippen molar-refractivity contribution in [3.63, 3.8) is 0 Å². The van der Waals surface area contributed by atoms with Crippen LogP contribution in [0.15, 0.2) is 89.2 Å². The minimum absolute atomic E-state index is 0.347. The third-order valence-corrected chi connectivity index (χ3v) is 6.29. The van der Waals surface area contributed by atoms with Crippen LogP contribution in [0.4, 0.5) is 5.69 Å². The molecule has 3 aromatic carbocycles. The molecule has 174 valence electrons. The molecule has 0 aliphatic heterocycles. The zero-order valence-corrected chi connectivity index (χ0v) is 20.1. The minimum atomic E-state index is -0.632. The van der Waals surface area contributed by atoms with Crippen molar-refractivity contribution in [2.45, 2.75) is 12.5 Å². The zero-order valence-electron chi connectivity index (χ0n) is 19.3. The molecule has 1 heterocycles. The van der Waals surface area contributed by atoms with Crippen LogP contribution in [0.25, 0.3) is 11.3 Å². The molecule has 1 aromatic heterocycles. The standard InChI is InChI=1S/C27H26N2O4S/c1-31-24-15-14-19(17-25(24)32-2)16-22(26(30)33-3)29-23(20-10-6-4-7-11-20)18-34-27(29)28-21-12-8-5-9-13-21/h4-15,17-18,22H,16H2,1-3H3/t22-/m0/s1. The van der Waals surface area contributed by atoms with Crippen molar-refractivity contribution >= 4 is 23.0 Å². The van der Waals surface area contributed by atoms with Gasteiger partial charge in [-0.05, 0) is 35.4 Å². The minimum Gasteiger partial charge on any atom is -0.493 e. The molecule has 0 N–H and O–H groups in total. The highest BCUT2D eigenvalue weighted by Crippen LogP contribution is 2.31. The Morgan fingerprint density at radius 1 is 0.912 bits per heavy atom. The molecule has 0 fully saturated rings. The molecule has 0 spiro atoms. The van der Waals surface area contributed by atoms with Gasteiger partial charge < -0.3 is 18.8 Å². The quantitative estimate of drug-likeness (QED) is 0.320. The highest BCUT2D eigenvalue weighted by Gasteiger charge is 2.26. The number of esters is 1. The number of carbonyl (C=O) groups excluding carboxylic acids is 1. The Hall–Kier alpha value is -3.84. The number of hydrogen-bond acceptors (Lipinski definition) is 6. The van der Waals surface area contributed by atoms with Crippen LogP contribution >= 0.6 is 11.3 Å². The second-order valence-electron chi connectivity index (χ2n) is 7.52. The van der Waals surface area contributed by atoms with E-state index in [1.54, 1.807) is 14.2 Å². The van der Waals surface area contributed by atoms with E-state index in [1.807, 2.05) is 88.8 Å². The molecule has 6 nitrogen and oxygen atoms in total. The first-order valence-electron chi connectivity index (χ1n) is 10.8. The average molecular weight is 475 g/mol. The van der Waals surface area contributed by atoms with Gasteiger partial charge in [0.15, 0.2) is 16.3 Å². The highest BCUT2D eigenvalue weighted by molar-refractivity contribution is 7.07. The number of nitrogens with zero attached hydrogens (tertiary/aromatic N) is 2. The largest absolute Gasteiger partial charge is 0.493 e. The average Bonchev–Trinajstić information content (AvgIpc) is 3.30. The first kappa shape index (κ1) is 23.3. The molecule has 0 aliphatic rings. The van der Waals surface area contributed by atoms with Crippen LogP contribution in [0.5, 0.6) is 11.5 Å². The molecule has 0 bridgehead atoms. The van der Waals surface area contributed by atoms with Crippen LogP contribution in [0.1, 0.15) is 11.6 Å². The second kappa shape index (κ2) is 10.9. The number of methoxy groups -OCH3 is 3. The van der Waals surface area contributed by atoms with Gasteiger partial charge in [-0.3, -0.25) is 0 Å². The van der Waals surface area contributed by atoms with Gasteiger partial charge >= 0.3 is 5.97 Å². The third kappa shape index (κ3) is 5.05. The summed E-state index contributed by atoms with van der Waals surface area (Å²) in [6, 6.07) is 24.7. The van der Waals surface area contributed by atoms with Gasteiger partial charge in [0.25, 0.3) is 0 Å². The Morgan fingerprint density at radius 3 is 2.24 bits per heavy atom. The van der Waals surface area contributed by atoms with Crippen LogP contribution in [0.2, 0.25) is 0 Å². The number of rotatable bonds is 8. The summed E-state index contributed by atoms with van der Waals surface area (Å²) in [5, 5.41) is 2.03. The number of ether oxygens (including phenoxy) is 3. The molecule has 0 aliphatic carbocycles. The number of carbonyl (C=O) groups is 1. The molecule has 4 rings (SSSR count). The van der Waals surface area contributed by atoms with Crippen LogP contribution in [-0.4, -0.2) is 31.9 Å². The molecule has 1 atom stereocenters. The van der Waals surface area contributed by atoms with E-state index in [1.165, 1.54) is 18.4 Å². The van der Waals surface area contributed by atoms with Crippen LogP contribution in [0.3, 0.4) is 0 Å². The smallest absolute Gasteiger partial charge is 0.329 e. The number of thiazole rings is 1. The van der Waals surface area contributed by atoms with Crippen LogP contribution in [-0.2, 0) is 16.0 Å². The monoisotopic (exact) mass is 474 g/mol. The van der Waals surface area contributed by atoms with Gasteiger partial charge in [0.05, 0.1) is 32.7 Å². The molecule has 34 heavy (non-hydrogen) atoms. The van der Waals surface area contributed by atoms with E-state index in [9.17, 15) is 4.79 Å². The van der Waals surface area contributed by atoms with E-state index < -0.39 is 6.04 Å². The van der Waals surface area contributed by atoms with Crippen molar-refractivity contribution in [3.05, 3.63) is 94.6 Å². The fraction of sp³-hybridized carbons (Fsp3) is 0.185. The van der Waals surface area contributed by atoms with Crippen molar-refractivity contribution in [1.82, 2.24) is 4.57 Å². The summed E-state index contributed by atoms with van der Waals surface area (Å²) in [5.74, 6) is 0.894. The number of benzene rings is 3. The fourth-order valence-corrected chi connectivity index (χ4v) is 4.75. The third-order valence-electron chi connectivity index (χ3n) is 5.45. The Labute approximate surface area is 202 Å². The zero-order chi connectivity index (χ0) is 23.9. The van der Waals surface area contributed by atoms with Crippen molar-refractivity contribution in [2.24, 2.45) is 4.99 Å². The van der Waals surface area contributed by atoms with Gasteiger partial charge in [0, 0.05) is 11.8 Å². The van der Waals surface area contributed by atoms with E-state index in [0.29, 0.717) is 22.7 Å². The summed E-state index contributed by atoms with van der Waals surface area (Å²) in [6.45, 7) is 0. The summed E-state index contributed by atoms with van der Waals surface area (Å²) in [6.07, 6.45) is 0.394. The molecule has 7 heteroatoms. The van der Waals surface area contributed by atoms with Gasteiger partial charge in [-0.25, -0.2) is 9.79 Å².